The molecule has 0 spiro atoms. The topological polar surface area (TPSA) is 73.1 Å². The van der Waals surface area contributed by atoms with Gasteiger partial charge < -0.3 is 10.2 Å². The fourth-order valence-electron chi connectivity index (χ4n) is 2.00. The van der Waals surface area contributed by atoms with Gasteiger partial charge in [0.05, 0.1) is 6.61 Å². The van der Waals surface area contributed by atoms with E-state index in [0.29, 0.717) is 11.6 Å². The van der Waals surface area contributed by atoms with Crippen LogP contribution in [0.3, 0.4) is 0 Å². The molecule has 0 aliphatic carbocycles. The minimum atomic E-state index is 0.634. The van der Waals surface area contributed by atoms with Crippen molar-refractivity contribution in [2.45, 2.75) is 33.1 Å². The van der Waals surface area contributed by atoms with Crippen LogP contribution in [0.1, 0.15) is 32.4 Å². The highest BCUT2D eigenvalue weighted by atomic mass is 16.5. The summed E-state index contributed by atoms with van der Waals surface area (Å²) in [7, 11) is 0. The molecule has 0 fully saturated rings. The zero-order chi connectivity index (χ0) is 15.1. The fraction of sp³-hybridized carbons (Fsp3) is 0.375. The lowest BCUT2D eigenvalue weighted by Gasteiger charge is -2.08. The first-order chi connectivity index (χ1) is 10.3. The number of anilines is 1. The van der Waals surface area contributed by atoms with E-state index in [2.05, 4.69) is 29.2 Å². The molecule has 0 atom stereocenters. The number of hydrazine groups is 1. The molecule has 0 unspecified atom stereocenters. The lowest BCUT2D eigenvalue weighted by Crippen LogP contribution is -2.10. The van der Waals surface area contributed by atoms with E-state index in [1.54, 1.807) is 0 Å². The summed E-state index contributed by atoms with van der Waals surface area (Å²) in [5.74, 6) is 7.65. The van der Waals surface area contributed by atoms with E-state index < -0.39 is 0 Å². The number of rotatable bonds is 7. The highest BCUT2D eigenvalue weighted by Crippen LogP contribution is 2.21. The van der Waals surface area contributed by atoms with E-state index >= 15 is 0 Å². The van der Waals surface area contributed by atoms with Crippen LogP contribution in [-0.4, -0.2) is 16.6 Å². The molecule has 0 saturated heterocycles. The average molecular weight is 286 g/mol. The number of ether oxygens (including phenoxy) is 1. The van der Waals surface area contributed by atoms with E-state index in [1.165, 1.54) is 0 Å². The average Bonchev–Trinajstić information content (AvgIpc) is 2.53. The smallest absolute Gasteiger partial charge is 0.161 e. The summed E-state index contributed by atoms with van der Waals surface area (Å²) >= 11 is 0. The Labute approximate surface area is 125 Å². The quantitative estimate of drug-likeness (QED) is 0.604. The summed E-state index contributed by atoms with van der Waals surface area (Å²) in [5.41, 5.74) is 4.54. The minimum Gasteiger partial charge on any atom is -0.494 e. The number of hydrogen-bond acceptors (Lipinski definition) is 5. The Bertz CT molecular complexity index is 569. The van der Waals surface area contributed by atoms with Crippen molar-refractivity contribution in [3.8, 4) is 17.1 Å². The van der Waals surface area contributed by atoms with Crippen LogP contribution in [0.4, 0.5) is 5.82 Å². The van der Waals surface area contributed by atoms with Gasteiger partial charge in [0.1, 0.15) is 11.6 Å². The third kappa shape index (κ3) is 4.16. The SMILES string of the molecule is CCCOc1ccc(-c2nc(CCC)cc(NN)n2)cc1. The zero-order valence-corrected chi connectivity index (χ0v) is 12.6. The Morgan fingerprint density at radius 3 is 2.48 bits per heavy atom. The lowest BCUT2D eigenvalue weighted by molar-refractivity contribution is 0.317. The van der Waals surface area contributed by atoms with Crippen LogP contribution in [0.25, 0.3) is 11.4 Å². The van der Waals surface area contributed by atoms with Crippen molar-refractivity contribution in [1.82, 2.24) is 9.97 Å². The minimum absolute atomic E-state index is 0.634. The number of benzene rings is 1. The fourth-order valence-corrected chi connectivity index (χ4v) is 2.00. The molecule has 0 aliphatic rings. The number of nitrogen functional groups attached to an aromatic ring is 1. The second-order valence-electron chi connectivity index (χ2n) is 4.84. The molecule has 2 aromatic rings. The molecule has 0 saturated carbocycles. The number of aryl methyl sites for hydroxylation is 1. The summed E-state index contributed by atoms with van der Waals surface area (Å²) in [4.78, 5) is 8.99. The van der Waals surface area contributed by atoms with Gasteiger partial charge in [-0.15, -0.1) is 0 Å². The van der Waals surface area contributed by atoms with E-state index in [0.717, 1.165) is 42.9 Å². The third-order valence-electron chi connectivity index (χ3n) is 3.02. The molecule has 2 rings (SSSR count). The van der Waals surface area contributed by atoms with Gasteiger partial charge in [-0.1, -0.05) is 20.3 Å². The van der Waals surface area contributed by atoms with E-state index in [4.69, 9.17) is 10.6 Å². The zero-order valence-electron chi connectivity index (χ0n) is 12.6. The molecule has 112 valence electrons. The molecule has 1 heterocycles. The Morgan fingerprint density at radius 2 is 1.86 bits per heavy atom. The van der Waals surface area contributed by atoms with Crippen LogP contribution >= 0.6 is 0 Å². The second kappa shape index (κ2) is 7.59. The van der Waals surface area contributed by atoms with Crippen molar-refractivity contribution in [1.29, 1.82) is 0 Å². The van der Waals surface area contributed by atoms with Gasteiger partial charge in [0.2, 0.25) is 0 Å². The number of hydrogen-bond donors (Lipinski definition) is 2. The molecule has 0 aliphatic heterocycles. The number of nitrogens with two attached hydrogens (primary N) is 1. The molecular weight excluding hydrogens is 264 g/mol. The Morgan fingerprint density at radius 1 is 1.10 bits per heavy atom. The van der Waals surface area contributed by atoms with Gasteiger partial charge in [-0.25, -0.2) is 15.8 Å². The van der Waals surface area contributed by atoms with Gasteiger partial charge >= 0.3 is 0 Å². The molecule has 0 radical (unpaired) electrons. The van der Waals surface area contributed by atoms with Gasteiger partial charge in [0, 0.05) is 17.3 Å². The first kappa shape index (κ1) is 15.3. The molecule has 21 heavy (non-hydrogen) atoms. The maximum Gasteiger partial charge on any atom is 0.161 e. The highest BCUT2D eigenvalue weighted by molar-refractivity contribution is 5.58. The lowest BCUT2D eigenvalue weighted by atomic mass is 10.2. The third-order valence-corrected chi connectivity index (χ3v) is 3.02. The largest absolute Gasteiger partial charge is 0.494 e. The number of nitrogens with zero attached hydrogens (tertiary/aromatic N) is 2. The van der Waals surface area contributed by atoms with Gasteiger partial charge in [-0.3, -0.25) is 0 Å². The Hall–Kier alpha value is -2.14. The summed E-state index contributed by atoms with van der Waals surface area (Å²) in [6.45, 7) is 4.93. The number of nitrogens with one attached hydrogen (secondary N) is 1. The molecular formula is C16H22N4O. The van der Waals surface area contributed by atoms with Crippen molar-refractivity contribution in [2.75, 3.05) is 12.0 Å². The summed E-state index contributed by atoms with van der Waals surface area (Å²) in [6.07, 6.45) is 2.93. The van der Waals surface area contributed by atoms with Crippen LogP contribution in [0.15, 0.2) is 30.3 Å². The molecule has 1 aromatic heterocycles. The van der Waals surface area contributed by atoms with Gasteiger partial charge in [-0.2, -0.15) is 0 Å². The molecule has 0 amide bonds. The van der Waals surface area contributed by atoms with Crippen LogP contribution in [0.5, 0.6) is 5.75 Å². The maximum absolute atomic E-state index is 5.58. The maximum atomic E-state index is 5.58. The first-order valence-electron chi connectivity index (χ1n) is 7.34. The normalized spacial score (nSPS) is 10.4. The van der Waals surface area contributed by atoms with Crippen LogP contribution in [0.2, 0.25) is 0 Å². The standard InChI is InChI=1S/C16H22N4O/c1-3-5-13-11-15(20-17)19-16(18-13)12-6-8-14(9-7-12)21-10-4-2/h6-9,11H,3-5,10,17H2,1-2H3,(H,18,19,20). The van der Waals surface area contributed by atoms with E-state index in [1.807, 2.05) is 30.3 Å². The van der Waals surface area contributed by atoms with Crippen molar-refractivity contribution in [3.63, 3.8) is 0 Å². The highest BCUT2D eigenvalue weighted by Gasteiger charge is 2.06. The van der Waals surface area contributed by atoms with Crippen molar-refractivity contribution < 1.29 is 4.74 Å². The van der Waals surface area contributed by atoms with Crippen LogP contribution < -0.4 is 16.0 Å². The van der Waals surface area contributed by atoms with Crippen LogP contribution in [0, 0.1) is 0 Å². The molecule has 1 aromatic carbocycles. The van der Waals surface area contributed by atoms with Crippen LogP contribution in [-0.2, 0) is 6.42 Å². The van der Waals surface area contributed by atoms with E-state index in [-0.39, 0.29) is 0 Å². The summed E-state index contributed by atoms with van der Waals surface area (Å²) in [6, 6.07) is 9.70. The predicted molar refractivity (Wildman–Crippen MR) is 85.1 cm³/mol. The second-order valence-corrected chi connectivity index (χ2v) is 4.84. The van der Waals surface area contributed by atoms with Crippen molar-refractivity contribution in [2.24, 2.45) is 5.84 Å². The monoisotopic (exact) mass is 286 g/mol. The Balaban J connectivity index is 2.25. The van der Waals surface area contributed by atoms with E-state index in [9.17, 15) is 0 Å². The molecule has 0 bridgehead atoms. The van der Waals surface area contributed by atoms with Gasteiger partial charge in [0.15, 0.2) is 5.82 Å². The molecule has 3 N–H and O–H groups in total. The molecule has 5 nitrogen and oxygen atoms in total. The first-order valence-corrected chi connectivity index (χ1v) is 7.34. The van der Waals surface area contributed by atoms with Gasteiger partial charge in [-0.05, 0) is 37.1 Å². The van der Waals surface area contributed by atoms with Crippen molar-refractivity contribution in [3.05, 3.63) is 36.0 Å². The molecule has 5 heteroatoms. The van der Waals surface area contributed by atoms with Crippen molar-refractivity contribution >= 4 is 5.82 Å². The Kier molecular flexibility index (Phi) is 5.51. The number of aromatic nitrogens is 2. The summed E-state index contributed by atoms with van der Waals surface area (Å²) < 4.78 is 5.58. The summed E-state index contributed by atoms with van der Waals surface area (Å²) in [5, 5.41) is 0. The predicted octanol–water partition coefficient (Wildman–Crippen LogP) is 3.17. The van der Waals surface area contributed by atoms with Gasteiger partial charge in [0.25, 0.3) is 0 Å².